The quantitative estimate of drug-likeness (QED) is 0.930. The lowest BCUT2D eigenvalue weighted by Crippen LogP contribution is -2.43. The van der Waals surface area contributed by atoms with Crippen molar-refractivity contribution in [2.45, 2.75) is 19.9 Å². The SMILES string of the molecule is CCN(c1ncnc2c(C)csc12)C1COCC1C(=O)O. The van der Waals surface area contributed by atoms with E-state index in [2.05, 4.69) is 15.3 Å². The number of aryl methyl sites for hydroxylation is 1. The van der Waals surface area contributed by atoms with Crippen LogP contribution in [0.5, 0.6) is 0 Å². The molecular formula is C14H17N3O3S. The summed E-state index contributed by atoms with van der Waals surface area (Å²) in [6, 6.07) is -0.187. The molecule has 3 heterocycles. The van der Waals surface area contributed by atoms with Crippen molar-refractivity contribution in [2.75, 3.05) is 24.7 Å². The molecule has 112 valence electrons. The number of carbonyl (C=O) groups is 1. The number of rotatable bonds is 4. The zero-order valence-corrected chi connectivity index (χ0v) is 12.8. The second kappa shape index (κ2) is 5.57. The third-order valence-corrected chi connectivity index (χ3v) is 4.98. The highest BCUT2D eigenvalue weighted by Crippen LogP contribution is 2.33. The van der Waals surface area contributed by atoms with Crippen molar-refractivity contribution in [2.24, 2.45) is 5.92 Å². The predicted octanol–water partition coefficient (Wildman–Crippen LogP) is 1.93. The lowest BCUT2D eigenvalue weighted by molar-refractivity contribution is -0.141. The molecule has 1 N–H and O–H groups in total. The molecule has 7 heteroatoms. The van der Waals surface area contributed by atoms with Crippen LogP contribution >= 0.6 is 11.3 Å². The summed E-state index contributed by atoms with van der Waals surface area (Å²) in [6.07, 6.45) is 1.55. The van der Waals surface area contributed by atoms with Crippen LogP contribution in [0, 0.1) is 12.8 Å². The van der Waals surface area contributed by atoms with Crippen LogP contribution in [0.2, 0.25) is 0 Å². The molecule has 1 saturated heterocycles. The van der Waals surface area contributed by atoms with Gasteiger partial charge < -0.3 is 14.7 Å². The number of hydrogen-bond donors (Lipinski definition) is 1. The van der Waals surface area contributed by atoms with Crippen molar-refractivity contribution in [3.05, 3.63) is 17.3 Å². The minimum Gasteiger partial charge on any atom is -0.481 e. The smallest absolute Gasteiger partial charge is 0.311 e. The van der Waals surface area contributed by atoms with E-state index in [4.69, 9.17) is 4.74 Å². The van der Waals surface area contributed by atoms with Gasteiger partial charge in [0.05, 0.1) is 29.5 Å². The Bertz CT molecular complexity index is 673. The number of anilines is 1. The first-order chi connectivity index (χ1) is 10.1. The molecule has 21 heavy (non-hydrogen) atoms. The Morgan fingerprint density at radius 2 is 2.33 bits per heavy atom. The van der Waals surface area contributed by atoms with Gasteiger partial charge in [0.1, 0.15) is 18.1 Å². The van der Waals surface area contributed by atoms with E-state index in [1.54, 1.807) is 17.7 Å². The first-order valence-corrected chi connectivity index (χ1v) is 7.77. The highest BCUT2D eigenvalue weighted by molar-refractivity contribution is 7.18. The summed E-state index contributed by atoms with van der Waals surface area (Å²) in [7, 11) is 0. The number of carboxylic acids is 1. The molecule has 1 fully saturated rings. The molecule has 0 aliphatic carbocycles. The van der Waals surface area contributed by atoms with E-state index in [9.17, 15) is 9.90 Å². The average Bonchev–Trinajstić information content (AvgIpc) is 3.08. The maximum atomic E-state index is 11.4. The Hall–Kier alpha value is -1.73. The van der Waals surface area contributed by atoms with Gasteiger partial charge in [0.25, 0.3) is 0 Å². The predicted molar refractivity (Wildman–Crippen MR) is 80.9 cm³/mol. The number of thiophene rings is 1. The van der Waals surface area contributed by atoms with E-state index in [0.717, 1.165) is 21.6 Å². The molecule has 3 rings (SSSR count). The molecule has 2 unspecified atom stereocenters. The highest BCUT2D eigenvalue weighted by atomic mass is 32.1. The van der Waals surface area contributed by atoms with Crippen molar-refractivity contribution in [3.8, 4) is 0 Å². The summed E-state index contributed by atoms with van der Waals surface area (Å²) in [4.78, 5) is 22.2. The molecule has 0 bridgehead atoms. The van der Waals surface area contributed by atoms with E-state index in [-0.39, 0.29) is 12.6 Å². The fourth-order valence-electron chi connectivity index (χ4n) is 2.79. The number of ether oxygens (including phenoxy) is 1. The Balaban J connectivity index is 2.04. The first-order valence-electron chi connectivity index (χ1n) is 6.89. The normalized spacial score (nSPS) is 21.8. The molecule has 2 aromatic rings. The molecule has 0 radical (unpaired) electrons. The van der Waals surface area contributed by atoms with Crippen LogP contribution in [0.15, 0.2) is 11.7 Å². The van der Waals surface area contributed by atoms with Gasteiger partial charge in [0.2, 0.25) is 0 Å². The van der Waals surface area contributed by atoms with Gasteiger partial charge in [0.15, 0.2) is 0 Å². The molecule has 0 spiro atoms. The van der Waals surface area contributed by atoms with Gasteiger partial charge in [0, 0.05) is 6.54 Å². The van der Waals surface area contributed by atoms with Crippen LogP contribution in [0.3, 0.4) is 0 Å². The van der Waals surface area contributed by atoms with Crippen LogP contribution < -0.4 is 4.90 Å². The molecule has 6 nitrogen and oxygen atoms in total. The molecule has 1 aliphatic heterocycles. The fraction of sp³-hybridized carbons (Fsp3) is 0.500. The Morgan fingerprint density at radius 1 is 1.52 bits per heavy atom. The van der Waals surface area contributed by atoms with Crippen LogP contribution in [0.25, 0.3) is 10.2 Å². The molecule has 2 aromatic heterocycles. The Kier molecular flexibility index (Phi) is 3.77. The van der Waals surface area contributed by atoms with Crippen LogP contribution in [-0.4, -0.2) is 46.8 Å². The zero-order valence-electron chi connectivity index (χ0n) is 11.9. The summed E-state index contributed by atoms with van der Waals surface area (Å²) in [5.74, 6) is -0.526. The van der Waals surface area contributed by atoms with Crippen molar-refractivity contribution >= 4 is 33.3 Å². The number of aliphatic carboxylic acids is 1. The largest absolute Gasteiger partial charge is 0.481 e. The maximum absolute atomic E-state index is 11.4. The van der Waals surface area contributed by atoms with E-state index in [1.807, 2.05) is 18.7 Å². The minimum absolute atomic E-state index is 0.187. The van der Waals surface area contributed by atoms with Crippen molar-refractivity contribution < 1.29 is 14.6 Å². The molecule has 0 amide bonds. The average molecular weight is 307 g/mol. The second-order valence-corrected chi connectivity index (χ2v) is 6.01. The molecule has 1 aliphatic rings. The molecule has 0 aromatic carbocycles. The van der Waals surface area contributed by atoms with Crippen LogP contribution in [0.4, 0.5) is 5.82 Å². The van der Waals surface area contributed by atoms with Gasteiger partial charge in [-0.25, -0.2) is 9.97 Å². The topological polar surface area (TPSA) is 75.5 Å². The molecular weight excluding hydrogens is 290 g/mol. The van der Waals surface area contributed by atoms with Gasteiger partial charge in [-0.3, -0.25) is 4.79 Å². The minimum atomic E-state index is -0.816. The zero-order chi connectivity index (χ0) is 15.0. The highest BCUT2D eigenvalue weighted by Gasteiger charge is 2.38. The van der Waals surface area contributed by atoms with Crippen LogP contribution in [-0.2, 0) is 9.53 Å². The summed E-state index contributed by atoms with van der Waals surface area (Å²) < 4.78 is 6.40. The van der Waals surface area contributed by atoms with Gasteiger partial charge in [-0.1, -0.05) is 0 Å². The third-order valence-electron chi connectivity index (χ3n) is 3.89. The number of carboxylic acid groups (broad SMARTS) is 1. The summed E-state index contributed by atoms with van der Waals surface area (Å²) >= 11 is 1.60. The van der Waals surface area contributed by atoms with Gasteiger partial charge >= 0.3 is 5.97 Å². The van der Waals surface area contributed by atoms with Crippen molar-refractivity contribution in [1.29, 1.82) is 0 Å². The standard InChI is InChI=1S/C14H17N3O3S/c1-3-17(10-5-20-4-9(10)14(18)19)13-12-11(15-7-16-13)8(2)6-21-12/h6-7,9-10H,3-5H2,1-2H3,(H,18,19). The van der Waals surface area contributed by atoms with E-state index >= 15 is 0 Å². The van der Waals surface area contributed by atoms with Crippen LogP contribution in [0.1, 0.15) is 12.5 Å². The summed E-state index contributed by atoms with van der Waals surface area (Å²) in [6.45, 7) is 5.38. The number of fused-ring (bicyclic) bond motifs is 1. The number of hydrogen-bond acceptors (Lipinski definition) is 6. The van der Waals surface area contributed by atoms with Crippen molar-refractivity contribution in [3.63, 3.8) is 0 Å². The van der Waals surface area contributed by atoms with Crippen molar-refractivity contribution in [1.82, 2.24) is 9.97 Å². The number of aromatic nitrogens is 2. The molecule has 0 saturated carbocycles. The first kappa shape index (κ1) is 14.2. The monoisotopic (exact) mass is 307 g/mol. The fourth-order valence-corrected chi connectivity index (χ4v) is 3.80. The lowest BCUT2D eigenvalue weighted by atomic mass is 10.0. The second-order valence-electron chi connectivity index (χ2n) is 5.13. The lowest BCUT2D eigenvalue weighted by Gasteiger charge is -2.30. The van der Waals surface area contributed by atoms with E-state index in [1.165, 1.54) is 0 Å². The summed E-state index contributed by atoms with van der Waals surface area (Å²) in [5, 5.41) is 11.4. The summed E-state index contributed by atoms with van der Waals surface area (Å²) in [5.41, 5.74) is 2.06. The van der Waals surface area contributed by atoms with Gasteiger partial charge in [-0.2, -0.15) is 0 Å². The number of nitrogens with zero attached hydrogens (tertiary/aromatic N) is 3. The molecule has 2 atom stereocenters. The van der Waals surface area contributed by atoms with Gasteiger partial charge in [-0.05, 0) is 24.8 Å². The Labute approximate surface area is 126 Å². The van der Waals surface area contributed by atoms with Gasteiger partial charge in [-0.15, -0.1) is 11.3 Å². The van der Waals surface area contributed by atoms with E-state index < -0.39 is 11.9 Å². The third kappa shape index (κ3) is 2.36. The van der Waals surface area contributed by atoms with E-state index in [0.29, 0.717) is 13.2 Å². The maximum Gasteiger partial charge on any atom is 0.311 e. The number of likely N-dealkylation sites (N-methyl/N-ethyl adjacent to an activating group) is 1. The Morgan fingerprint density at radius 3 is 3.05 bits per heavy atom.